The van der Waals surface area contributed by atoms with Crippen molar-refractivity contribution in [1.82, 2.24) is 0 Å². The van der Waals surface area contributed by atoms with Crippen molar-refractivity contribution >= 4 is 16.7 Å². The highest BCUT2D eigenvalue weighted by atomic mass is 16.7. The van der Waals surface area contributed by atoms with Crippen LogP contribution >= 0.6 is 0 Å². The van der Waals surface area contributed by atoms with E-state index in [9.17, 15) is 0 Å². The van der Waals surface area contributed by atoms with Crippen LogP contribution in [0.15, 0.2) is 59.0 Å². The van der Waals surface area contributed by atoms with Gasteiger partial charge in [0.25, 0.3) is 0 Å². The van der Waals surface area contributed by atoms with E-state index in [1.54, 1.807) is 12.1 Å². The van der Waals surface area contributed by atoms with E-state index < -0.39 is 0 Å². The lowest BCUT2D eigenvalue weighted by atomic mass is 9.93. The summed E-state index contributed by atoms with van der Waals surface area (Å²) >= 11 is 0. The fraction of sp³-hybridized carbons (Fsp3) is 0.0500. The van der Waals surface area contributed by atoms with Crippen molar-refractivity contribution in [2.45, 2.75) is 0 Å². The smallest absolute Gasteiger partial charge is 0.231 e. The largest absolute Gasteiger partial charge is 0.456 e. The lowest BCUT2D eigenvalue weighted by Crippen LogP contribution is -2.00. The monoisotopic (exact) mass is 330 g/mol. The molecule has 0 amide bonds. The van der Waals surface area contributed by atoms with E-state index in [1.165, 1.54) is 0 Å². The molecule has 0 unspecified atom stereocenters. The first-order chi connectivity index (χ1) is 12.2. The highest BCUT2D eigenvalue weighted by Gasteiger charge is 2.20. The number of benzene rings is 3. The van der Waals surface area contributed by atoms with E-state index >= 15 is 0 Å². The van der Waals surface area contributed by atoms with Gasteiger partial charge in [0.15, 0.2) is 11.5 Å². The van der Waals surface area contributed by atoms with E-state index in [4.69, 9.17) is 25.0 Å². The Hall–Kier alpha value is -3.47. The number of anilines is 1. The molecule has 0 aromatic heterocycles. The number of nitrogens with two attached hydrogens (primary N) is 1. The van der Waals surface area contributed by atoms with Crippen molar-refractivity contribution < 1.29 is 13.9 Å². The number of rotatable bonds is 1. The Morgan fingerprint density at radius 2 is 1.76 bits per heavy atom. The summed E-state index contributed by atoms with van der Waals surface area (Å²) in [6.45, 7) is 0.239. The Kier molecular flexibility index (Phi) is 2.79. The molecule has 2 aromatic carbocycles. The van der Waals surface area contributed by atoms with Crippen LogP contribution in [0, 0.1) is 5.41 Å². The molecule has 5 heteroatoms. The van der Waals surface area contributed by atoms with Crippen LogP contribution in [0.3, 0.4) is 0 Å². The molecule has 0 radical (unpaired) electrons. The predicted molar refractivity (Wildman–Crippen MR) is 94.7 cm³/mol. The first-order valence-corrected chi connectivity index (χ1v) is 7.90. The van der Waals surface area contributed by atoms with E-state index in [0.717, 1.165) is 33.6 Å². The molecule has 2 aromatic rings. The standard InChI is InChI=1S/C20H14N2O3/c21-12-2-4-14-17(8-12)25-18-9-13(22)3-5-15(18)20(14)11-1-6-16-19(7-11)24-10-23-16/h1-9,21H,10,22H2. The Bertz CT molecular complexity index is 1160. The molecule has 0 atom stereocenters. The van der Waals surface area contributed by atoms with Gasteiger partial charge in [0.05, 0.1) is 5.36 Å². The van der Waals surface area contributed by atoms with Crippen LogP contribution in [-0.2, 0) is 0 Å². The fourth-order valence-corrected chi connectivity index (χ4v) is 3.27. The van der Waals surface area contributed by atoms with Gasteiger partial charge in [-0.25, -0.2) is 0 Å². The number of fused-ring (bicyclic) bond motifs is 3. The van der Waals surface area contributed by atoms with Crippen LogP contribution in [0.1, 0.15) is 0 Å². The highest BCUT2D eigenvalue weighted by molar-refractivity contribution is 6.02. The summed E-state index contributed by atoms with van der Waals surface area (Å²) in [4.78, 5) is 0. The van der Waals surface area contributed by atoms with Gasteiger partial charge in [-0.05, 0) is 42.0 Å². The molecule has 0 fully saturated rings. The van der Waals surface area contributed by atoms with Gasteiger partial charge < -0.3 is 25.0 Å². The molecule has 1 aliphatic carbocycles. The Balaban J connectivity index is 1.90. The minimum absolute atomic E-state index is 0.239. The first-order valence-electron chi connectivity index (χ1n) is 7.90. The summed E-state index contributed by atoms with van der Waals surface area (Å²) in [5.74, 6) is 2.13. The summed E-state index contributed by atoms with van der Waals surface area (Å²) < 4.78 is 16.9. The lowest BCUT2D eigenvalue weighted by molar-refractivity contribution is 0.174. The van der Waals surface area contributed by atoms with Crippen LogP contribution in [-0.4, -0.2) is 6.79 Å². The summed E-state index contributed by atoms with van der Waals surface area (Å²) in [6.07, 6.45) is 0. The maximum atomic E-state index is 7.88. The van der Waals surface area contributed by atoms with Crippen LogP contribution in [0.25, 0.3) is 33.4 Å². The third-order valence-electron chi connectivity index (χ3n) is 4.41. The molecule has 3 N–H and O–H groups in total. The fourth-order valence-electron chi connectivity index (χ4n) is 3.27. The number of hydrogen-bond donors (Lipinski definition) is 2. The van der Waals surface area contributed by atoms with Crippen molar-refractivity contribution in [3.05, 3.63) is 60.0 Å². The van der Waals surface area contributed by atoms with Crippen molar-refractivity contribution in [3.8, 4) is 33.9 Å². The van der Waals surface area contributed by atoms with Crippen molar-refractivity contribution in [3.63, 3.8) is 0 Å². The third kappa shape index (κ3) is 2.13. The molecule has 0 saturated carbocycles. The SMILES string of the molecule is N=c1ccc2c(-c3ccc4c(c3)OCO4)c3ccc(N)cc3oc-2c1. The second-order valence-electron chi connectivity index (χ2n) is 6.01. The van der Waals surface area contributed by atoms with E-state index in [-0.39, 0.29) is 6.79 Å². The number of ether oxygens (including phenoxy) is 2. The Labute approximate surface area is 143 Å². The van der Waals surface area contributed by atoms with Gasteiger partial charge in [0, 0.05) is 34.3 Å². The highest BCUT2D eigenvalue weighted by Crippen LogP contribution is 2.43. The van der Waals surface area contributed by atoms with Gasteiger partial charge in [-0.2, -0.15) is 0 Å². The molecule has 2 aliphatic heterocycles. The van der Waals surface area contributed by atoms with Gasteiger partial charge >= 0.3 is 0 Å². The minimum atomic E-state index is 0.239. The second-order valence-corrected chi connectivity index (χ2v) is 6.01. The number of nitrogen functional groups attached to an aromatic ring is 1. The Morgan fingerprint density at radius 1 is 0.880 bits per heavy atom. The maximum Gasteiger partial charge on any atom is 0.231 e. The molecule has 122 valence electrons. The molecule has 5 nitrogen and oxygen atoms in total. The quantitative estimate of drug-likeness (QED) is 0.408. The van der Waals surface area contributed by atoms with Crippen molar-refractivity contribution in [2.75, 3.05) is 12.5 Å². The average molecular weight is 330 g/mol. The first kappa shape index (κ1) is 13.9. The molecule has 3 aliphatic rings. The number of hydrogen-bond acceptors (Lipinski definition) is 5. The van der Waals surface area contributed by atoms with E-state index in [1.807, 2.05) is 42.5 Å². The maximum absolute atomic E-state index is 7.88. The zero-order valence-corrected chi connectivity index (χ0v) is 13.2. The van der Waals surface area contributed by atoms with Gasteiger partial charge in [-0.1, -0.05) is 6.07 Å². The lowest BCUT2D eigenvalue weighted by Gasteiger charge is -2.15. The van der Waals surface area contributed by atoms with Crippen molar-refractivity contribution in [2.24, 2.45) is 0 Å². The predicted octanol–water partition coefficient (Wildman–Crippen LogP) is 3.99. The van der Waals surface area contributed by atoms with Gasteiger partial charge in [0.1, 0.15) is 11.3 Å². The van der Waals surface area contributed by atoms with Gasteiger partial charge in [0.2, 0.25) is 6.79 Å². The zero-order chi connectivity index (χ0) is 17.0. The van der Waals surface area contributed by atoms with Crippen LogP contribution < -0.4 is 20.6 Å². The summed E-state index contributed by atoms with van der Waals surface area (Å²) in [5.41, 5.74) is 10.2. The third-order valence-corrected chi connectivity index (χ3v) is 4.41. The molecule has 0 bridgehead atoms. The van der Waals surface area contributed by atoms with E-state index in [2.05, 4.69) is 0 Å². The summed E-state index contributed by atoms with van der Waals surface area (Å²) in [6, 6.07) is 16.9. The van der Waals surface area contributed by atoms with Gasteiger partial charge in [-0.15, -0.1) is 0 Å². The molecule has 0 spiro atoms. The molecule has 2 heterocycles. The molecule has 25 heavy (non-hydrogen) atoms. The molecular weight excluding hydrogens is 316 g/mol. The van der Waals surface area contributed by atoms with Crippen molar-refractivity contribution in [1.29, 1.82) is 5.41 Å². The average Bonchev–Trinajstić information content (AvgIpc) is 3.07. The molecular formula is C20H14N2O3. The van der Waals surface area contributed by atoms with Crippen LogP contribution in [0.2, 0.25) is 0 Å². The van der Waals surface area contributed by atoms with E-state index in [0.29, 0.717) is 22.4 Å². The minimum Gasteiger partial charge on any atom is -0.456 e. The van der Waals surface area contributed by atoms with Gasteiger partial charge in [-0.3, -0.25) is 0 Å². The topological polar surface area (TPSA) is 81.5 Å². The number of nitrogens with one attached hydrogen (secondary N) is 1. The molecule has 0 saturated heterocycles. The normalized spacial score (nSPS) is 12.8. The second kappa shape index (κ2) is 5.01. The summed E-state index contributed by atoms with van der Waals surface area (Å²) in [7, 11) is 0. The molecule has 5 rings (SSSR count). The zero-order valence-electron chi connectivity index (χ0n) is 13.2. The Morgan fingerprint density at radius 3 is 2.68 bits per heavy atom. The summed E-state index contributed by atoms with van der Waals surface area (Å²) in [5, 5.41) is 9.24. The van der Waals surface area contributed by atoms with Crippen LogP contribution in [0.4, 0.5) is 5.69 Å². The van der Waals surface area contributed by atoms with Crippen LogP contribution in [0.5, 0.6) is 11.5 Å².